The van der Waals surface area contributed by atoms with Crippen molar-refractivity contribution < 1.29 is 44.1 Å². The van der Waals surface area contributed by atoms with Crippen LogP contribution in [0, 0.1) is 17.8 Å². The lowest BCUT2D eigenvalue weighted by Crippen LogP contribution is -2.62. The number of aliphatic carboxylic acids is 1. The van der Waals surface area contributed by atoms with E-state index in [9.17, 15) is 44.1 Å². The lowest BCUT2D eigenvalue weighted by Gasteiger charge is -2.31. The number of nitrogens with one attached hydrogen (secondary N) is 4. The second-order valence-electron chi connectivity index (χ2n) is 13.1. The molecule has 45 heavy (non-hydrogen) atoms. The monoisotopic (exact) mass is 642 g/mol. The number of aliphatic hydroxyl groups excluding tert-OH is 2. The minimum atomic E-state index is -1.50. The van der Waals surface area contributed by atoms with Gasteiger partial charge in [0.15, 0.2) is 0 Å². The van der Waals surface area contributed by atoms with Crippen LogP contribution in [0.2, 0.25) is 0 Å². The number of aliphatic hydroxyl groups is 2. The van der Waals surface area contributed by atoms with Crippen LogP contribution < -0.4 is 27.0 Å². The number of carboxylic acids is 1. The van der Waals surface area contributed by atoms with Crippen molar-refractivity contribution in [2.75, 3.05) is 6.54 Å². The second-order valence-corrected chi connectivity index (χ2v) is 13.1. The van der Waals surface area contributed by atoms with Gasteiger partial charge in [-0.05, 0) is 57.3 Å². The van der Waals surface area contributed by atoms with Gasteiger partial charge < -0.3 is 47.2 Å². The van der Waals surface area contributed by atoms with Crippen LogP contribution >= 0.6 is 0 Å². The molecule has 0 saturated carbocycles. The standard InChI is InChI=1S/C30H54N6O9/c1-14(2)12-19(32-26(40)21-10-9-11-36(21)29(43)22(31)17(7)37)25(39)34-23(16(5)6)27(41)35-24(18(8)38)28(42)33-20(30(44)45)13-15(3)4/h14-24,37-38H,9-13,31H2,1-8H3,(H,32,40)(H,33,42)(H,34,39)(H,35,41)(H,44,45)/t17-,18-,19+,20+,21+,22+,23+,24+/m1/s1. The Morgan fingerprint density at radius 2 is 1.24 bits per heavy atom. The van der Waals surface area contributed by atoms with Crippen LogP contribution in [-0.2, 0) is 28.8 Å². The number of hydrogen-bond donors (Lipinski definition) is 8. The molecule has 1 heterocycles. The van der Waals surface area contributed by atoms with Gasteiger partial charge in [0, 0.05) is 6.54 Å². The van der Waals surface area contributed by atoms with E-state index < -0.39 is 89.9 Å². The highest BCUT2D eigenvalue weighted by atomic mass is 16.4. The first kappa shape index (κ1) is 39.7. The van der Waals surface area contributed by atoms with E-state index in [1.165, 1.54) is 18.7 Å². The fourth-order valence-corrected chi connectivity index (χ4v) is 5.06. The van der Waals surface area contributed by atoms with Crippen LogP contribution in [0.15, 0.2) is 0 Å². The van der Waals surface area contributed by atoms with Gasteiger partial charge in [0.05, 0.1) is 12.2 Å². The molecular formula is C30H54N6O9. The highest BCUT2D eigenvalue weighted by Gasteiger charge is 2.39. The normalized spacial score (nSPS) is 19.7. The van der Waals surface area contributed by atoms with E-state index in [1.807, 2.05) is 13.8 Å². The lowest BCUT2D eigenvalue weighted by molar-refractivity contribution is -0.143. The zero-order valence-electron chi connectivity index (χ0n) is 27.7. The average molecular weight is 643 g/mol. The molecule has 0 aromatic carbocycles. The van der Waals surface area contributed by atoms with Crippen LogP contribution in [0.3, 0.4) is 0 Å². The molecule has 0 aromatic heterocycles. The Kier molecular flexibility index (Phi) is 15.9. The van der Waals surface area contributed by atoms with Crippen LogP contribution in [0.1, 0.15) is 81.1 Å². The first-order valence-electron chi connectivity index (χ1n) is 15.6. The summed E-state index contributed by atoms with van der Waals surface area (Å²) in [5.41, 5.74) is 5.81. The van der Waals surface area contributed by atoms with Gasteiger partial charge in [-0.15, -0.1) is 0 Å². The van der Waals surface area contributed by atoms with Gasteiger partial charge in [-0.25, -0.2) is 4.79 Å². The number of carboxylic acid groups (broad SMARTS) is 1. The maximum Gasteiger partial charge on any atom is 0.326 e. The molecule has 0 aromatic rings. The van der Waals surface area contributed by atoms with Gasteiger partial charge >= 0.3 is 5.97 Å². The Balaban J connectivity index is 3.10. The third kappa shape index (κ3) is 12.2. The number of carbonyl (C=O) groups is 6. The van der Waals surface area contributed by atoms with Crippen LogP contribution in [0.5, 0.6) is 0 Å². The van der Waals surface area contributed by atoms with Crippen molar-refractivity contribution in [2.45, 2.75) is 130 Å². The average Bonchev–Trinajstić information content (AvgIpc) is 3.41. The summed E-state index contributed by atoms with van der Waals surface area (Å²) in [6.07, 6.45) is -1.27. The molecule has 15 heteroatoms. The second kappa shape index (κ2) is 18.0. The predicted octanol–water partition coefficient (Wildman–Crippen LogP) is -1.16. The highest BCUT2D eigenvalue weighted by Crippen LogP contribution is 2.20. The van der Waals surface area contributed by atoms with Gasteiger partial charge in [-0.2, -0.15) is 0 Å². The molecule has 9 N–H and O–H groups in total. The number of amides is 5. The molecule has 8 atom stereocenters. The molecule has 1 aliphatic heterocycles. The van der Waals surface area contributed by atoms with E-state index in [1.54, 1.807) is 27.7 Å². The van der Waals surface area contributed by atoms with Crippen molar-refractivity contribution in [1.29, 1.82) is 0 Å². The maximum atomic E-state index is 13.5. The van der Waals surface area contributed by atoms with E-state index in [4.69, 9.17) is 5.73 Å². The molecule has 0 radical (unpaired) electrons. The summed E-state index contributed by atoms with van der Waals surface area (Å²) in [6, 6.07) is -7.07. The molecule has 1 rings (SSSR count). The molecule has 1 fully saturated rings. The molecule has 5 amide bonds. The van der Waals surface area contributed by atoms with Gasteiger partial charge in [0.25, 0.3) is 0 Å². The molecule has 1 aliphatic rings. The van der Waals surface area contributed by atoms with E-state index in [0.717, 1.165) is 0 Å². The Hall–Kier alpha value is -3.30. The van der Waals surface area contributed by atoms with E-state index in [0.29, 0.717) is 12.8 Å². The predicted molar refractivity (Wildman–Crippen MR) is 165 cm³/mol. The summed E-state index contributed by atoms with van der Waals surface area (Å²) >= 11 is 0. The number of rotatable bonds is 17. The molecule has 15 nitrogen and oxygen atoms in total. The summed E-state index contributed by atoms with van der Waals surface area (Å²) in [6.45, 7) is 13.5. The molecular weight excluding hydrogens is 588 g/mol. The fourth-order valence-electron chi connectivity index (χ4n) is 5.06. The number of nitrogens with zero attached hydrogens (tertiary/aromatic N) is 1. The molecule has 258 valence electrons. The Bertz CT molecular complexity index is 1050. The van der Waals surface area contributed by atoms with Crippen LogP contribution in [0.4, 0.5) is 0 Å². The topological polar surface area (TPSA) is 240 Å². The van der Waals surface area contributed by atoms with E-state index in [2.05, 4.69) is 21.3 Å². The summed E-state index contributed by atoms with van der Waals surface area (Å²) in [7, 11) is 0. The number of hydrogen-bond acceptors (Lipinski definition) is 9. The largest absolute Gasteiger partial charge is 0.480 e. The summed E-state index contributed by atoms with van der Waals surface area (Å²) in [5, 5.41) is 39.7. The highest BCUT2D eigenvalue weighted by molar-refractivity contribution is 5.96. The lowest BCUT2D eigenvalue weighted by atomic mass is 9.98. The van der Waals surface area contributed by atoms with Gasteiger partial charge in [-0.3, -0.25) is 24.0 Å². The Morgan fingerprint density at radius 1 is 0.733 bits per heavy atom. The quantitative estimate of drug-likeness (QED) is 0.0946. The van der Waals surface area contributed by atoms with Gasteiger partial charge in [-0.1, -0.05) is 41.5 Å². The minimum Gasteiger partial charge on any atom is -0.480 e. The number of likely N-dealkylation sites (tertiary alicyclic amines) is 1. The SMILES string of the molecule is CC(C)C[C@H](NC(=O)[C@@H](NC(=O)[C@@H](NC(=O)[C@H](CC(C)C)NC(=O)[C@@H]1CCCN1C(=O)[C@@H](N)[C@@H](C)O)C(C)C)[C@@H](C)O)C(=O)O. The third-order valence-electron chi connectivity index (χ3n) is 7.61. The van der Waals surface area contributed by atoms with Crippen molar-refractivity contribution in [3.05, 3.63) is 0 Å². The zero-order chi connectivity index (χ0) is 34.8. The molecule has 0 unspecified atom stereocenters. The minimum absolute atomic E-state index is 0.0475. The summed E-state index contributed by atoms with van der Waals surface area (Å²) in [4.78, 5) is 78.8. The first-order valence-corrected chi connectivity index (χ1v) is 15.6. The Morgan fingerprint density at radius 3 is 1.71 bits per heavy atom. The molecule has 0 aliphatic carbocycles. The first-order chi connectivity index (χ1) is 20.8. The van der Waals surface area contributed by atoms with Crippen LogP contribution in [-0.4, -0.2) is 111 Å². The van der Waals surface area contributed by atoms with Gasteiger partial charge in [0.1, 0.15) is 36.3 Å². The van der Waals surface area contributed by atoms with Crippen LogP contribution in [0.25, 0.3) is 0 Å². The van der Waals surface area contributed by atoms with Gasteiger partial charge in [0.2, 0.25) is 29.5 Å². The number of nitrogens with two attached hydrogens (primary N) is 1. The molecule has 0 bridgehead atoms. The summed E-state index contributed by atoms with van der Waals surface area (Å²) in [5.74, 6) is -5.32. The zero-order valence-corrected chi connectivity index (χ0v) is 27.7. The Labute approximate surface area is 265 Å². The molecule has 0 spiro atoms. The van der Waals surface area contributed by atoms with Crippen molar-refractivity contribution >= 4 is 35.5 Å². The number of carbonyl (C=O) groups excluding carboxylic acids is 5. The van der Waals surface area contributed by atoms with E-state index >= 15 is 0 Å². The maximum absolute atomic E-state index is 13.5. The van der Waals surface area contributed by atoms with Crippen molar-refractivity contribution in [2.24, 2.45) is 23.5 Å². The summed E-state index contributed by atoms with van der Waals surface area (Å²) < 4.78 is 0. The fraction of sp³-hybridized carbons (Fsp3) is 0.800. The van der Waals surface area contributed by atoms with Crippen molar-refractivity contribution in [3.63, 3.8) is 0 Å². The van der Waals surface area contributed by atoms with Crippen molar-refractivity contribution in [3.8, 4) is 0 Å². The van der Waals surface area contributed by atoms with E-state index in [-0.39, 0.29) is 31.2 Å². The smallest absolute Gasteiger partial charge is 0.326 e. The third-order valence-corrected chi connectivity index (χ3v) is 7.61. The van der Waals surface area contributed by atoms with Crippen molar-refractivity contribution in [1.82, 2.24) is 26.2 Å². The molecule has 1 saturated heterocycles.